The smallest absolute Gasteiger partial charge is 0.226 e. The van der Waals surface area contributed by atoms with Crippen molar-refractivity contribution in [3.63, 3.8) is 0 Å². The van der Waals surface area contributed by atoms with E-state index in [9.17, 15) is 0 Å². The van der Waals surface area contributed by atoms with Crippen molar-refractivity contribution in [1.29, 1.82) is 0 Å². The molecule has 0 unspecified atom stereocenters. The van der Waals surface area contributed by atoms with Gasteiger partial charge in [-0.1, -0.05) is 78.8 Å². The van der Waals surface area contributed by atoms with E-state index in [0.717, 1.165) is 5.56 Å². The van der Waals surface area contributed by atoms with Gasteiger partial charge in [0.15, 0.2) is 28.1 Å². The van der Waals surface area contributed by atoms with E-state index < -0.39 is 28.3 Å². The first kappa shape index (κ1) is 34.0. The number of benzene rings is 1. The Morgan fingerprint density at radius 1 is 1.00 bits per heavy atom. The lowest BCUT2D eigenvalue weighted by molar-refractivity contribution is -0.0730. The Morgan fingerprint density at radius 2 is 1.63 bits per heavy atom. The first-order valence-electron chi connectivity index (χ1n) is 15.0. The van der Waals surface area contributed by atoms with Gasteiger partial charge in [-0.2, -0.15) is 9.97 Å². The summed E-state index contributed by atoms with van der Waals surface area (Å²) in [4.78, 5) is 13.2. The molecule has 0 bridgehead atoms. The van der Waals surface area contributed by atoms with Crippen LogP contribution in [0.1, 0.15) is 60.3 Å². The number of nitrogens with two attached hydrogens (primary N) is 1. The molecular weight excluding hydrogens is 598 g/mol. The van der Waals surface area contributed by atoms with Gasteiger partial charge in [-0.05, 0) is 53.4 Å². The van der Waals surface area contributed by atoms with E-state index >= 15 is 0 Å². The van der Waals surface area contributed by atoms with Crippen LogP contribution in [0.5, 0.6) is 0 Å². The second-order valence-corrected chi connectivity index (χ2v) is 25.0. The fourth-order valence-electron chi connectivity index (χ4n) is 4.88. The summed E-state index contributed by atoms with van der Waals surface area (Å²) in [7, 11) is -4.36. The maximum absolute atomic E-state index is 7.28. The van der Waals surface area contributed by atoms with Gasteiger partial charge in [0.25, 0.3) is 0 Å². The molecule has 1 saturated heterocycles. The molecule has 0 aliphatic carbocycles. The average molecular weight is 648 g/mol. The van der Waals surface area contributed by atoms with E-state index in [-0.39, 0.29) is 33.4 Å². The normalized spacial score (nSPS) is 23.8. The third kappa shape index (κ3) is 7.03. The van der Waals surface area contributed by atoms with E-state index in [2.05, 4.69) is 102 Å². The molecule has 4 atom stereocenters. The largest absolute Gasteiger partial charge is 0.414 e. The molecule has 2 aromatic heterocycles. The zero-order chi connectivity index (χ0) is 32.0. The topological polar surface area (TPSA) is 107 Å². The molecule has 1 aliphatic heterocycles. The van der Waals surface area contributed by atoms with Gasteiger partial charge in [-0.3, -0.25) is 4.57 Å². The Kier molecular flexibility index (Phi) is 9.61. The maximum atomic E-state index is 7.28. The van der Waals surface area contributed by atoms with Gasteiger partial charge >= 0.3 is 0 Å². The van der Waals surface area contributed by atoms with Crippen LogP contribution in [0, 0.1) is 5.41 Å². The van der Waals surface area contributed by atoms with Crippen molar-refractivity contribution in [3.05, 3.63) is 47.5 Å². The second-order valence-electron chi connectivity index (χ2n) is 15.1. The fourth-order valence-corrected chi connectivity index (χ4v) is 7.47. The summed E-state index contributed by atoms with van der Waals surface area (Å²) in [6, 6.07) is 10.2. The molecule has 12 heteroatoms. The summed E-state index contributed by atoms with van der Waals surface area (Å²) < 4.78 is 29.4. The second kappa shape index (κ2) is 12.1. The first-order chi connectivity index (χ1) is 19.8. The van der Waals surface area contributed by atoms with Crippen LogP contribution < -0.4 is 5.73 Å². The highest BCUT2D eigenvalue weighted by Gasteiger charge is 2.58. The third-order valence-electron chi connectivity index (χ3n) is 9.70. The minimum atomic E-state index is -2.27. The van der Waals surface area contributed by atoms with Gasteiger partial charge in [0.2, 0.25) is 5.28 Å². The van der Waals surface area contributed by atoms with E-state index in [4.69, 9.17) is 35.7 Å². The van der Waals surface area contributed by atoms with E-state index in [1.807, 2.05) is 22.8 Å². The minimum Gasteiger partial charge on any atom is -0.414 e. The van der Waals surface area contributed by atoms with Crippen molar-refractivity contribution >= 4 is 45.2 Å². The van der Waals surface area contributed by atoms with Crippen molar-refractivity contribution in [2.45, 2.75) is 110 Å². The van der Waals surface area contributed by atoms with Gasteiger partial charge < -0.3 is 24.1 Å². The van der Waals surface area contributed by atoms with Crippen LogP contribution in [0.2, 0.25) is 41.5 Å². The number of hydrogen-bond donors (Lipinski definition) is 1. The zero-order valence-electron chi connectivity index (χ0n) is 27.7. The molecule has 2 N–H and O–H groups in total. The Hall–Kier alpha value is -1.87. The number of rotatable bonds is 10. The molecule has 43 heavy (non-hydrogen) atoms. The van der Waals surface area contributed by atoms with Crippen molar-refractivity contribution in [2.24, 2.45) is 5.41 Å². The summed E-state index contributed by atoms with van der Waals surface area (Å²) in [6.07, 6.45) is 0.477. The van der Waals surface area contributed by atoms with Crippen LogP contribution in [0.4, 0.5) is 5.82 Å². The number of anilines is 1. The van der Waals surface area contributed by atoms with Crippen molar-refractivity contribution in [2.75, 3.05) is 18.9 Å². The molecule has 0 amide bonds. The molecule has 238 valence electrons. The number of nitrogen functional groups attached to an aromatic ring is 1. The highest BCUT2D eigenvalue weighted by Crippen LogP contribution is 2.51. The van der Waals surface area contributed by atoms with E-state index in [0.29, 0.717) is 31.0 Å². The van der Waals surface area contributed by atoms with Crippen LogP contribution in [0.15, 0.2) is 36.7 Å². The highest BCUT2D eigenvalue weighted by atomic mass is 35.5. The van der Waals surface area contributed by atoms with Crippen molar-refractivity contribution < 1.29 is 18.3 Å². The predicted molar refractivity (Wildman–Crippen MR) is 178 cm³/mol. The van der Waals surface area contributed by atoms with Gasteiger partial charge in [0.1, 0.15) is 17.8 Å². The number of hydrogen-bond acceptors (Lipinski definition) is 8. The summed E-state index contributed by atoms with van der Waals surface area (Å²) in [6.45, 7) is 26.0. The lowest BCUT2D eigenvalue weighted by Gasteiger charge is -2.44. The number of fused-ring (bicyclic) bond motifs is 1. The molecule has 1 aromatic carbocycles. The summed E-state index contributed by atoms with van der Waals surface area (Å²) in [5.41, 5.74) is 7.63. The lowest BCUT2D eigenvalue weighted by Crippen LogP contribution is -2.53. The van der Waals surface area contributed by atoms with Crippen LogP contribution in [-0.4, -0.2) is 61.6 Å². The van der Waals surface area contributed by atoms with Crippen LogP contribution in [0.3, 0.4) is 0 Å². The Bertz CT molecular complexity index is 1410. The van der Waals surface area contributed by atoms with Gasteiger partial charge in [-0.25, -0.2) is 4.98 Å². The Labute approximate surface area is 264 Å². The number of aromatic nitrogens is 4. The maximum Gasteiger partial charge on any atom is 0.226 e. The average Bonchev–Trinajstić information content (AvgIpc) is 3.41. The molecular formula is C31H50ClN5O4Si2. The predicted octanol–water partition coefficient (Wildman–Crippen LogP) is 7.59. The van der Waals surface area contributed by atoms with Crippen molar-refractivity contribution in [3.8, 4) is 0 Å². The van der Waals surface area contributed by atoms with Gasteiger partial charge in [-0.15, -0.1) is 0 Å². The SMILES string of the molecule is CC(C)(C)[Si](C)(C)OC[C@H]1O[C@@H](n2cnc3c(N)nc(Cl)nc32)[C@](C)(COCc2ccccc2)[C@@H]1O[Si](C)(C)C(C)(C)C. The molecule has 4 rings (SSSR count). The minimum absolute atomic E-state index is 0.0152. The fraction of sp³-hybridized carbons (Fsp3) is 0.645. The molecule has 1 fully saturated rings. The number of halogens is 1. The Morgan fingerprint density at radius 3 is 2.23 bits per heavy atom. The molecule has 0 saturated carbocycles. The summed E-state index contributed by atoms with van der Waals surface area (Å²) >= 11 is 6.28. The number of imidazole rings is 1. The van der Waals surface area contributed by atoms with Crippen LogP contribution >= 0.6 is 11.6 Å². The molecule has 3 heterocycles. The first-order valence-corrected chi connectivity index (χ1v) is 21.2. The molecule has 9 nitrogen and oxygen atoms in total. The highest BCUT2D eigenvalue weighted by molar-refractivity contribution is 6.74. The zero-order valence-corrected chi connectivity index (χ0v) is 30.5. The van der Waals surface area contributed by atoms with E-state index in [1.54, 1.807) is 6.33 Å². The van der Waals surface area contributed by atoms with Crippen LogP contribution in [0.25, 0.3) is 11.2 Å². The lowest BCUT2D eigenvalue weighted by atomic mass is 9.83. The third-order valence-corrected chi connectivity index (χ3v) is 18.8. The molecule has 0 radical (unpaired) electrons. The molecule has 0 spiro atoms. The Balaban J connectivity index is 1.79. The van der Waals surface area contributed by atoms with Crippen molar-refractivity contribution in [1.82, 2.24) is 19.5 Å². The number of ether oxygens (including phenoxy) is 2. The van der Waals surface area contributed by atoms with E-state index in [1.165, 1.54) is 0 Å². The summed E-state index contributed by atoms with van der Waals surface area (Å²) in [5, 5.41) is 0.0893. The van der Waals surface area contributed by atoms with Gasteiger partial charge in [0, 0.05) is 0 Å². The monoisotopic (exact) mass is 647 g/mol. The molecule has 3 aromatic rings. The summed E-state index contributed by atoms with van der Waals surface area (Å²) in [5.74, 6) is 0.223. The quantitative estimate of drug-likeness (QED) is 0.177. The standard InChI is InChI=1S/C31H50ClN5O4Si2/c1-29(2,3)42(8,9)39-18-22-24(41-43(10,11)30(4,5)6)31(7,19-38-17-21-15-13-12-14-16-21)27(40-22)37-20-34-23-25(33)35-28(32)36-26(23)37/h12-16,20,22,24,27H,17-19H2,1-11H3,(H2,33,35,36)/t22-,24-,27-,31-/m1/s1. The van der Waals surface area contributed by atoms with Gasteiger partial charge in [0.05, 0.1) is 37.7 Å². The molecule has 1 aliphatic rings. The van der Waals surface area contributed by atoms with Crippen LogP contribution in [-0.2, 0) is 24.9 Å². The number of nitrogens with zero attached hydrogens (tertiary/aromatic N) is 4.